The molecule has 0 radical (unpaired) electrons. The van der Waals surface area contributed by atoms with Crippen LogP contribution in [0.4, 0.5) is 0 Å². The average Bonchev–Trinajstić information content (AvgIpc) is 2.97. The minimum Gasteiger partial charge on any atom is -0.347 e. The quantitative estimate of drug-likeness (QED) is 0.371. The second-order valence-electron chi connectivity index (χ2n) is 3.15. The van der Waals surface area contributed by atoms with Crippen LogP contribution in [0, 0.1) is 0 Å². The highest BCUT2D eigenvalue weighted by atomic mass is 32.2. The van der Waals surface area contributed by atoms with Crippen LogP contribution in [0.2, 0.25) is 0 Å². The van der Waals surface area contributed by atoms with Crippen LogP contribution in [0.3, 0.4) is 0 Å². The Morgan fingerprint density at radius 3 is 2.86 bits per heavy atom. The fraction of sp³-hybridized carbons (Fsp3) is 0.556. The second-order valence-corrected chi connectivity index (χ2v) is 4.25. The lowest BCUT2D eigenvalue weighted by Crippen LogP contribution is -2.41. The highest BCUT2D eigenvalue weighted by molar-refractivity contribution is 7.98. The Labute approximate surface area is 87.6 Å². The first-order valence-electron chi connectivity index (χ1n) is 4.54. The van der Waals surface area contributed by atoms with Crippen LogP contribution in [0.25, 0.3) is 0 Å². The largest absolute Gasteiger partial charge is 0.347 e. The summed E-state index contributed by atoms with van der Waals surface area (Å²) < 4.78 is 2.72. The van der Waals surface area contributed by atoms with Crippen LogP contribution in [0.15, 0.2) is 12.7 Å². The lowest BCUT2D eigenvalue weighted by Gasteiger charge is -2.12. The van der Waals surface area contributed by atoms with Crippen LogP contribution in [-0.4, -0.2) is 23.6 Å². The second kappa shape index (κ2) is 5.70. The van der Waals surface area contributed by atoms with Gasteiger partial charge in [-0.2, -0.15) is 0 Å². The van der Waals surface area contributed by atoms with Crippen molar-refractivity contribution in [3.8, 4) is 0 Å². The zero-order valence-electron chi connectivity index (χ0n) is 7.86. The van der Waals surface area contributed by atoms with Crippen molar-refractivity contribution in [2.45, 2.75) is 30.6 Å². The van der Waals surface area contributed by atoms with Crippen molar-refractivity contribution < 1.29 is 9.59 Å². The van der Waals surface area contributed by atoms with Gasteiger partial charge in [-0.25, -0.2) is 0 Å². The molecule has 0 aromatic rings. The van der Waals surface area contributed by atoms with E-state index in [4.69, 9.17) is 0 Å². The van der Waals surface area contributed by atoms with Crippen LogP contribution < -0.4 is 10.0 Å². The summed E-state index contributed by atoms with van der Waals surface area (Å²) in [4.78, 5) is 21.7. The molecule has 0 aliphatic heterocycles. The van der Waals surface area contributed by atoms with E-state index in [2.05, 4.69) is 16.6 Å². The smallest absolute Gasteiger partial charge is 0.252 e. The molecule has 4 nitrogen and oxygen atoms in total. The molecule has 0 heterocycles. The van der Waals surface area contributed by atoms with E-state index in [0.29, 0.717) is 18.1 Å². The molecule has 1 aliphatic rings. The molecule has 1 unspecified atom stereocenters. The van der Waals surface area contributed by atoms with Gasteiger partial charge in [0.1, 0.15) is 6.04 Å². The molecular weight excluding hydrogens is 200 g/mol. The van der Waals surface area contributed by atoms with E-state index in [1.165, 1.54) is 11.9 Å². The van der Waals surface area contributed by atoms with Gasteiger partial charge in [-0.15, -0.1) is 6.58 Å². The summed E-state index contributed by atoms with van der Waals surface area (Å²) in [5, 5.41) is 3.02. The maximum Gasteiger partial charge on any atom is 0.252 e. The van der Waals surface area contributed by atoms with Gasteiger partial charge in [-0.05, 0) is 31.2 Å². The first-order valence-corrected chi connectivity index (χ1v) is 5.42. The summed E-state index contributed by atoms with van der Waals surface area (Å²) in [6, 6.07) is -0.490. The number of hydrogen-bond donors (Lipinski definition) is 2. The van der Waals surface area contributed by atoms with Gasteiger partial charge in [-0.1, -0.05) is 6.08 Å². The standard InChI is InChI=1S/C9H14N2O2S/c1-2-3-8(10-6-12)9(13)11-14-7-4-5-7/h2,6-8H,1,3-5H2,(H,10,12)(H,11,13). The molecule has 1 atom stereocenters. The van der Waals surface area contributed by atoms with Crippen molar-refractivity contribution in [1.82, 2.24) is 10.0 Å². The summed E-state index contributed by atoms with van der Waals surface area (Å²) in [6.45, 7) is 3.53. The summed E-state index contributed by atoms with van der Waals surface area (Å²) >= 11 is 1.44. The van der Waals surface area contributed by atoms with Gasteiger partial charge in [0.25, 0.3) is 5.91 Å². The molecule has 0 aromatic heterocycles. The van der Waals surface area contributed by atoms with E-state index in [1.54, 1.807) is 6.08 Å². The van der Waals surface area contributed by atoms with Crippen molar-refractivity contribution in [3.63, 3.8) is 0 Å². The normalized spacial score (nSPS) is 16.9. The molecule has 0 spiro atoms. The van der Waals surface area contributed by atoms with Gasteiger partial charge in [0.15, 0.2) is 0 Å². The Morgan fingerprint density at radius 2 is 2.36 bits per heavy atom. The summed E-state index contributed by atoms with van der Waals surface area (Å²) in [5.74, 6) is -0.158. The fourth-order valence-corrected chi connectivity index (χ4v) is 1.69. The molecule has 1 fully saturated rings. The van der Waals surface area contributed by atoms with Gasteiger partial charge < -0.3 is 5.32 Å². The van der Waals surface area contributed by atoms with Gasteiger partial charge in [0.2, 0.25) is 6.41 Å². The van der Waals surface area contributed by atoms with Gasteiger partial charge in [-0.3, -0.25) is 14.3 Å². The van der Waals surface area contributed by atoms with Crippen molar-refractivity contribution in [1.29, 1.82) is 0 Å². The molecule has 1 aliphatic carbocycles. The van der Waals surface area contributed by atoms with Crippen molar-refractivity contribution in [2.24, 2.45) is 0 Å². The van der Waals surface area contributed by atoms with Crippen LogP contribution in [0.1, 0.15) is 19.3 Å². The Kier molecular flexibility index (Phi) is 4.52. The molecular formula is C9H14N2O2S. The average molecular weight is 214 g/mol. The van der Waals surface area contributed by atoms with E-state index in [1.807, 2.05) is 0 Å². The molecule has 1 rings (SSSR count). The maximum atomic E-state index is 11.5. The van der Waals surface area contributed by atoms with Crippen molar-refractivity contribution >= 4 is 24.3 Å². The summed E-state index contributed by atoms with van der Waals surface area (Å²) in [7, 11) is 0. The van der Waals surface area contributed by atoms with E-state index in [-0.39, 0.29) is 5.91 Å². The van der Waals surface area contributed by atoms with E-state index in [9.17, 15) is 9.59 Å². The molecule has 78 valence electrons. The molecule has 5 heteroatoms. The lowest BCUT2D eigenvalue weighted by molar-refractivity contribution is -0.123. The monoisotopic (exact) mass is 214 g/mol. The highest BCUT2D eigenvalue weighted by Gasteiger charge is 2.24. The SMILES string of the molecule is C=CCC(NC=O)C(=O)NSC1CC1. The molecule has 2 N–H and O–H groups in total. The third-order valence-electron chi connectivity index (χ3n) is 1.84. The number of hydrogen-bond acceptors (Lipinski definition) is 3. The fourth-order valence-electron chi connectivity index (χ4n) is 0.898. The highest BCUT2D eigenvalue weighted by Crippen LogP contribution is 2.31. The van der Waals surface area contributed by atoms with Crippen LogP contribution in [-0.2, 0) is 9.59 Å². The molecule has 14 heavy (non-hydrogen) atoms. The zero-order chi connectivity index (χ0) is 10.4. The van der Waals surface area contributed by atoms with Gasteiger partial charge >= 0.3 is 0 Å². The molecule has 1 saturated carbocycles. The Bertz CT molecular complexity index is 219. The minimum atomic E-state index is -0.490. The number of carbonyl (C=O) groups excluding carboxylic acids is 2. The topological polar surface area (TPSA) is 58.2 Å². The van der Waals surface area contributed by atoms with Gasteiger partial charge in [0.05, 0.1) is 0 Å². The molecule has 0 bridgehead atoms. The van der Waals surface area contributed by atoms with Crippen molar-refractivity contribution in [2.75, 3.05) is 0 Å². The van der Waals surface area contributed by atoms with E-state index < -0.39 is 6.04 Å². The molecule has 0 saturated heterocycles. The summed E-state index contributed by atoms with van der Waals surface area (Å²) in [6.07, 6.45) is 4.93. The lowest BCUT2D eigenvalue weighted by atomic mass is 10.2. The number of amides is 2. The van der Waals surface area contributed by atoms with E-state index >= 15 is 0 Å². The zero-order valence-corrected chi connectivity index (χ0v) is 8.68. The van der Waals surface area contributed by atoms with Crippen LogP contribution in [0.5, 0.6) is 0 Å². The van der Waals surface area contributed by atoms with Gasteiger partial charge in [0, 0.05) is 5.25 Å². The number of rotatable bonds is 7. The predicted molar refractivity (Wildman–Crippen MR) is 56.6 cm³/mol. The molecule has 0 aromatic carbocycles. The maximum absolute atomic E-state index is 11.5. The third-order valence-corrected chi connectivity index (χ3v) is 2.96. The van der Waals surface area contributed by atoms with Crippen molar-refractivity contribution in [3.05, 3.63) is 12.7 Å². The number of carbonyl (C=O) groups is 2. The first-order chi connectivity index (χ1) is 6.77. The first kappa shape index (κ1) is 11.1. The van der Waals surface area contributed by atoms with Crippen LogP contribution >= 0.6 is 11.9 Å². The Morgan fingerprint density at radius 1 is 1.64 bits per heavy atom. The third kappa shape index (κ3) is 3.83. The Balaban J connectivity index is 2.27. The minimum absolute atomic E-state index is 0.158. The summed E-state index contributed by atoms with van der Waals surface area (Å²) in [5.41, 5.74) is 0. The molecule has 2 amide bonds. The number of nitrogens with one attached hydrogen (secondary N) is 2. The Hall–Kier alpha value is -0.970. The van der Waals surface area contributed by atoms with E-state index in [0.717, 1.165) is 12.8 Å². The predicted octanol–water partition coefficient (Wildman–Crippen LogP) is 0.604.